The summed E-state index contributed by atoms with van der Waals surface area (Å²) in [5.74, 6) is -0.921. The Morgan fingerprint density at radius 2 is 2.05 bits per heavy atom. The predicted octanol–water partition coefficient (Wildman–Crippen LogP) is 3.88. The number of carbonyl (C=O) groups is 1. The van der Waals surface area contributed by atoms with Crippen LogP contribution in [-0.4, -0.2) is 34.7 Å². The molecule has 1 aliphatic heterocycles. The van der Waals surface area contributed by atoms with Crippen LogP contribution in [0.2, 0.25) is 0 Å². The second-order valence-corrected chi connectivity index (χ2v) is 7.83. The lowest BCUT2D eigenvalue weighted by Crippen LogP contribution is -2.40. The molecule has 5 heteroatoms. The summed E-state index contributed by atoms with van der Waals surface area (Å²) in [6.07, 6.45) is 2.86. The molecule has 1 aliphatic rings. The molecule has 0 aromatic heterocycles. The van der Waals surface area contributed by atoms with Crippen LogP contribution in [0.4, 0.5) is 5.69 Å². The van der Waals surface area contributed by atoms with Crippen molar-refractivity contribution in [3.8, 4) is 0 Å². The molecule has 0 bridgehead atoms. The van der Waals surface area contributed by atoms with Gasteiger partial charge in [-0.05, 0) is 23.8 Å². The smallest absolute Gasteiger partial charge is 0.328 e. The third-order valence-electron chi connectivity index (χ3n) is 3.16. The minimum absolute atomic E-state index is 0.578. The third kappa shape index (κ3) is 4.03. The first-order valence-electron chi connectivity index (χ1n) is 6.56. The highest BCUT2D eigenvalue weighted by Gasteiger charge is 2.23. The van der Waals surface area contributed by atoms with Gasteiger partial charge in [0.15, 0.2) is 0 Å². The van der Waals surface area contributed by atoms with E-state index in [0.717, 1.165) is 28.8 Å². The number of rotatable bonds is 3. The summed E-state index contributed by atoms with van der Waals surface area (Å²) in [4.78, 5) is 13.1. The number of anilines is 1. The lowest BCUT2D eigenvalue weighted by molar-refractivity contribution is -0.131. The van der Waals surface area contributed by atoms with Crippen molar-refractivity contribution in [1.29, 1.82) is 0 Å². The largest absolute Gasteiger partial charge is 0.478 e. The van der Waals surface area contributed by atoms with Crippen LogP contribution in [0.1, 0.15) is 19.4 Å². The highest BCUT2D eigenvalue weighted by molar-refractivity contribution is 9.10. The molecule has 20 heavy (non-hydrogen) atoms. The number of hydrogen-bond acceptors (Lipinski definition) is 3. The third-order valence-corrected chi connectivity index (χ3v) is 4.88. The van der Waals surface area contributed by atoms with E-state index in [2.05, 4.69) is 40.7 Å². The van der Waals surface area contributed by atoms with Gasteiger partial charge >= 0.3 is 5.97 Å². The zero-order valence-electron chi connectivity index (χ0n) is 11.5. The van der Waals surface area contributed by atoms with Gasteiger partial charge in [-0.25, -0.2) is 4.79 Å². The van der Waals surface area contributed by atoms with E-state index in [9.17, 15) is 4.79 Å². The molecule has 0 amide bonds. The maximum Gasteiger partial charge on any atom is 0.328 e. The minimum Gasteiger partial charge on any atom is -0.478 e. The molecule has 2 atom stereocenters. The lowest BCUT2D eigenvalue weighted by atomic mass is 10.1. The van der Waals surface area contributed by atoms with Gasteiger partial charge in [0.25, 0.3) is 0 Å². The second kappa shape index (κ2) is 6.68. The summed E-state index contributed by atoms with van der Waals surface area (Å²) in [6, 6.07) is 5.96. The molecule has 1 heterocycles. The molecule has 1 saturated heterocycles. The van der Waals surface area contributed by atoms with Gasteiger partial charge in [0.1, 0.15) is 0 Å². The van der Waals surface area contributed by atoms with Gasteiger partial charge in [0, 0.05) is 39.8 Å². The number of thioether (sulfide) groups is 1. The van der Waals surface area contributed by atoms with Crippen molar-refractivity contribution in [2.45, 2.75) is 24.3 Å². The fraction of sp³-hybridized carbons (Fsp3) is 0.400. The van der Waals surface area contributed by atoms with Gasteiger partial charge in [-0.2, -0.15) is 11.8 Å². The van der Waals surface area contributed by atoms with Gasteiger partial charge < -0.3 is 10.0 Å². The molecule has 108 valence electrons. The van der Waals surface area contributed by atoms with E-state index in [1.807, 2.05) is 23.9 Å². The topological polar surface area (TPSA) is 40.5 Å². The quantitative estimate of drug-likeness (QED) is 0.835. The Morgan fingerprint density at radius 3 is 2.65 bits per heavy atom. The molecule has 0 radical (unpaired) electrons. The van der Waals surface area contributed by atoms with Gasteiger partial charge in [0.05, 0.1) is 0 Å². The molecule has 2 rings (SSSR count). The number of carboxylic acids is 1. The summed E-state index contributed by atoms with van der Waals surface area (Å²) >= 11 is 5.50. The Bertz CT molecular complexity index is 523. The molecule has 3 nitrogen and oxygen atoms in total. The number of halogens is 1. The number of hydrogen-bond donors (Lipinski definition) is 1. The SMILES string of the molecule is CC1CN(c2cc(Br)ccc2C=CC(=O)O)CC(C)S1. The minimum atomic E-state index is -0.921. The van der Waals surface area contributed by atoms with Crippen molar-refractivity contribution < 1.29 is 9.90 Å². The number of benzene rings is 1. The van der Waals surface area contributed by atoms with Crippen LogP contribution in [0.3, 0.4) is 0 Å². The van der Waals surface area contributed by atoms with Crippen LogP contribution >= 0.6 is 27.7 Å². The molecule has 0 saturated carbocycles. The van der Waals surface area contributed by atoms with Gasteiger partial charge in [-0.3, -0.25) is 0 Å². The molecule has 0 aliphatic carbocycles. The number of nitrogens with zero attached hydrogens (tertiary/aromatic N) is 1. The van der Waals surface area contributed by atoms with E-state index in [1.54, 1.807) is 6.08 Å². The van der Waals surface area contributed by atoms with E-state index in [-0.39, 0.29) is 0 Å². The average Bonchev–Trinajstić information content (AvgIpc) is 2.36. The average molecular weight is 356 g/mol. The van der Waals surface area contributed by atoms with Crippen LogP contribution < -0.4 is 4.90 Å². The standard InChI is InChI=1S/C15H18BrNO2S/c1-10-8-17(9-11(2)20-10)14-7-13(16)5-3-12(14)4-6-15(18)19/h3-7,10-11H,8-9H2,1-2H3,(H,18,19). The summed E-state index contributed by atoms with van der Waals surface area (Å²) in [5.41, 5.74) is 2.04. The van der Waals surface area contributed by atoms with Crippen molar-refractivity contribution in [2.75, 3.05) is 18.0 Å². The molecule has 0 spiro atoms. The molecule has 2 unspecified atom stereocenters. The zero-order chi connectivity index (χ0) is 14.7. The van der Waals surface area contributed by atoms with Gasteiger partial charge in [-0.1, -0.05) is 35.8 Å². The highest BCUT2D eigenvalue weighted by Crippen LogP contribution is 2.32. The molecule has 1 N–H and O–H groups in total. The van der Waals surface area contributed by atoms with Crippen LogP contribution in [-0.2, 0) is 4.79 Å². The lowest BCUT2D eigenvalue weighted by Gasteiger charge is -2.37. The molecule has 1 aromatic carbocycles. The monoisotopic (exact) mass is 355 g/mol. The van der Waals surface area contributed by atoms with Crippen LogP contribution in [0.15, 0.2) is 28.7 Å². The van der Waals surface area contributed by atoms with E-state index in [1.165, 1.54) is 6.08 Å². The summed E-state index contributed by atoms with van der Waals surface area (Å²) in [5, 5.41) is 9.96. The fourth-order valence-electron chi connectivity index (χ4n) is 2.47. The first-order valence-corrected chi connectivity index (χ1v) is 8.30. The van der Waals surface area contributed by atoms with Crippen molar-refractivity contribution >= 4 is 45.4 Å². The van der Waals surface area contributed by atoms with E-state index in [0.29, 0.717) is 10.5 Å². The summed E-state index contributed by atoms with van der Waals surface area (Å²) < 4.78 is 1.01. The summed E-state index contributed by atoms with van der Waals surface area (Å²) in [6.45, 7) is 6.44. The van der Waals surface area contributed by atoms with E-state index in [4.69, 9.17) is 5.11 Å². The Hall–Kier alpha value is -0.940. The highest BCUT2D eigenvalue weighted by atomic mass is 79.9. The van der Waals surface area contributed by atoms with Gasteiger partial charge in [0.2, 0.25) is 0 Å². The maximum atomic E-state index is 10.7. The Kier molecular flexibility index (Phi) is 5.16. The van der Waals surface area contributed by atoms with Crippen LogP contribution in [0.25, 0.3) is 6.08 Å². The fourth-order valence-corrected chi connectivity index (χ4v) is 4.14. The first kappa shape index (κ1) is 15.4. The molecule has 1 aromatic rings. The molecule has 1 fully saturated rings. The van der Waals surface area contributed by atoms with Crippen molar-refractivity contribution in [2.24, 2.45) is 0 Å². The second-order valence-electron chi connectivity index (χ2n) is 5.04. The summed E-state index contributed by atoms with van der Waals surface area (Å²) in [7, 11) is 0. The molecular weight excluding hydrogens is 338 g/mol. The number of carboxylic acid groups (broad SMARTS) is 1. The Morgan fingerprint density at radius 1 is 1.40 bits per heavy atom. The van der Waals surface area contributed by atoms with Crippen LogP contribution in [0.5, 0.6) is 0 Å². The normalized spacial score (nSPS) is 23.2. The van der Waals surface area contributed by atoms with E-state index >= 15 is 0 Å². The predicted molar refractivity (Wildman–Crippen MR) is 89.5 cm³/mol. The van der Waals surface area contributed by atoms with Crippen molar-refractivity contribution in [3.05, 3.63) is 34.3 Å². The number of aliphatic carboxylic acids is 1. The Labute approximate surface area is 132 Å². The molecular formula is C15H18BrNO2S. The van der Waals surface area contributed by atoms with Crippen LogP contribution in [0, 0.1) is 0 Å². The maximum absolute atomic E-state index is 10.7. The van der Waals surface area contributed by atoms with Crippen molar-refractivity contribution in [3.63, 3.8) is 0 Å². The van der Waals surface area contributed by atoms with Gasteiger partial charge in [-0.15, -0.1) is 0 Å². The first-order chi connectivity index (χ1) is 9.45. The Balaban J connectivity index is 2.33. The van der Waals surface area contributed by atoms with E-state index < -0.39 is 5.97 Å². The zero-order valence-corrected chi connectivity index (χ0v) is 13.9. The van der Waals surface area contributed by atoms with Crippen molar-refractivity contribution in [1.82, 2.24) is 0 Å².